The van der Waals surface area contributed by atoms with Crippen LogP contribution in [0.15, 0.2) is 34.0 Å². The molecule has 0 saturated carbocycles. The topological polar surface area (TPSA) is 54.9 Å². The number of rotatable bonds is 3. The molecule has 1 N–H and O–H groups in total. The number of carbonyl (C=O) groups is 1. The number of Topliss-reactive ketones (excluding diaryl/α,β-unsaturated/α-hetero) is 1. The molecule has 5 heteroatoms. The first-order valence-electron chi connectivity index (χ1n) is 5.49. The van der Waals surface area contributed by atoms with Crippen LogP contribution in [0.2, 0.25) is 0 Å². The Bertz CT molecular complexity index is 638. The van der Waals surface area contributed by atoms with Crippen LogP contribution in [0, 0.1) is 0 Å². The molecule has 94 valence electrons. The average Bonchev–Trinajstić information content (AvgIpc) is 2.66. The van der Waals surface area contributed by atoms with Crippen molar-refractivity contribution in [2.24, 2.45) is 7.05 Å². The zero-order chi connectivity index (χ0) is 13.3. The highest BCUT2D eigenvalue weighted by molar-refractivity contribution is 7.98. The second-order valence-electron chi connectivity index (χ2n) is 4.01. The van der Waals surface area contributed by atoms with Gasteiger partial charge in [-0.05, 0) is 25.3 Å². The van der Waals surface area contributed by atoms with Crippen molar-refractivity contribution < 1.29 is 4.79 Å². The van der Waals surface area contributed by atoms with Crippen molar-refractivity contribution in [2.75, 3.05) is 6.26 Å². The molecule has 18 heavy (non-hydrogen) atoms. The van der Waals surface area contributed by atoms with Crippen LogP contribution >= 0.6 is 11.8 Å². The van der Waals surface area contributed by atoms with Crippen LogP contribution in [-0.4, -0.2) is 21.8 Å². The van der Waals surface area contributed by atoms with Crippen LogP contribution in [0.4, 0.5) is 0 Å². The molecular weight excluding hydrogens is 248 g/mol. The molecule has 0 radical (unpaired) electrons. The summed E-state index contributed by atoms with van der Waals surface area (Å²) in [7, 11) is 1.61. The summed E-state index contributed by atoms with van der Waals surface area (Å²) in [5.74, 6) is -0.221. The molecule has 4 nitrogen and oxygen atoms in total. The number of ketones is 1. The highest BCUT2D eigenvalue weighted by atomic mass is 32.2. The number of hydrogen-bond donors (Lipinski definition) is 1. The molecule has 0 bridgehead atoms. The number of hydrogen-bond acceptors (Lipinski definition) is 3. The highest BCUT2D eigenvalue weighted by Gasteiger charge is 2.17. The first-order chi connectivity index (χ1) is 8.54. The fourth-order valence-corrected chi connectivity index (χ4v) is 2.25. The van der Waals surface area contributed by atoms with E-state index in [1.165, 1.54) is 11.6 Å². The minimum atomic E-state index is -0.286. The molecule has 0 amide bonds. The average molecular weight is 262 g/mol. The SMILES string of the molecule is CSc1ccc(-c2[nH]n(C)c(=O)c2C(C)=O)cc1. The predicted molar refractivity (Wildman–Crippen MR) is 73.3 cm³/mol. The zero-order valence-corrected chi connectivity index (χ0v) is 11.3. The minimum absolute atomic E-state index is 0.217. The number of aromatic amines is 1. The van der Waals surface area contributed by atoms with Crippen LogP contribution in [0.3, 0.4) is 0 Å². The lowest BCUT2D eigenvalue weighted by Gasteiger charge is -2.01. The summed E-state index contributed by atoms with van der Waals surface area (Å²) in [5.41, 5.74) is 1.36. The predicted octanol–water partition coefficient (Wildman–Crippen LogP) is 2.30. The second kappa shape index (κ2) is 4.86. The number of nitrogens with zero attached hydrogens (tertiary/aromatic N) is 1. The van der Waals surface area contributed by atoms with E-state index >= 15 is 0 Å². The molecule has 0 atom stereocenters. The van der Waals surface area contributed by atoms with Gasteiger partial charge in [0, 0.05) is 17.5 Å². The number of benzene rings is 1. The van der Waals surface area contributed by atoms with E-state index in [1.807, 2.05) is 30.5 Å². The largest absolute Gasteiger partial charge is 0.294 e. The first kappa shape index (κ1) is 12.7. The van der Waals surface area contributed by atoms with Crippen molar-refractivity contribution in [3.63, 3.8) is 0 Å². The second-order valence-corrected chi connectivity index (χ2v) is 4.89. The van der Waals surface area contributed by atoms with E-state index in [0.717, 1.165) is 10.5 Å². The molecule has 0 aliphatic heterocycles. The van der Waals surface area contributed by atoms with Gasteiger partial charge in [-0.15, -0.1) is 11.8 Å². The van der Waals surface area contributed by atoms with E-state index in [1.54, 1.807) is 18.8 Å². The molecule has 0 unspecified atom stereocenters. The fourth-order valence-electron chi connectivity index (χ4n) is 1.84. The molecule has 0 spiro atoms. The van der Waals surface area contributed by atoms with Gasteiger partial charge in [-0.2, -0.15) is 0 Å². The van der Waals surface area contributed by atoms with Gasteiger partial charge in [0.2, 0.25) is 0 Å². The molecule has 0 aliphatic rings. The van der Waals surface area contributed by atoms with Gasteiger partial charge >= 0.3 is 0 Å². The highest BCUT2D eigenvalue weighted by Crippen LogP contribution is 2.23. The van der Waals surface area contributed by atoms with Crippen LogP contribution in [0.5, 0.6) is 0 Å². The smallest absolute Gasteiger partial charge is 0.277 e. The maximum atomic E-state index is 11.8. The minimum Gasteiger partial charge on any atom is -0.294 e. The molecule has 1 aromatic carbocycles. The Morgan fingerprint density at radius 1 is 1.28 bits per heavy atom. The van der Waals surface area contributed by atoms with Gasteiger partial charge in [0.15, 0.2) is 5.78 Å². The van der Waals surface area contributed by atoms with Crippen molar-refractivity contribution in [2.45, 2.75) is 11.8 Å². The maximum absolute atomic E-state index is 11.8. The lowest BCUT2D eigenvalue weighted by atomic mass is 10.1. The summed E-state index contributed by atoms with van der Waals surface area (Å²) < 4.78 is 1.33. The van der Waals surface area contributed by atoms with Gasteiger partial charge in [0.25, 0.3) is 5.56 Å². The van der Waals surface area contributed by atoms with E-state index in [-0.39, 0.29) is 16.9 Å². The fraction of sp³-hybridized carbons (Fsp3) is 0.231. The van der Waals surface area contributed by atoms with Gasteiger partial charge < -0.3 is 0 Å². The Hall–Kier alpha value is -1.75. The summed E-state index contributed by atoms with van der Waals surface area (Å²) in [6.45, 7) is 1.41. The lowest BCUT2D eigenvalue weighted by Crippen LogP contribution is -2.17. The van der Waals surface area contributed by atoms with Gasteiger partial charge in [-0.1, -0.05) is 12.1 Å². The third-order valence-corrected chi connectivity index (χ3v) is 3.52. The third kappa shape index (κ3) is 2.13. The van der Waals surface area contributed by atoms with Gasteiger partial charge in [0.1, 0.15) is 5.56 Å². The van der Waals surface area contributed by atoms with E-state index in [9.17, 15) is 9.59 Å². The van der Waals surface area contributed by atoms with Crippen molar-refractivity contribution in [3.05, 3.63) is 40.2 Å². The summed E-state index contributed by atoms with van der Waals surface area (Å²) >= 11 is 1.65. The summed E-state index contributed by atoms with van der Waals surface area (Å²) in [5, 5.41) is 2.92. The van der Waals surface area contributed by atoms with Crippen molar-refractivity contribution in [1.82, 2.24) is 9.78 Å². The number of aryl methyl sites for hydroxylation is 1. The number of aromatic nitrogens is 2. The Kier molecular flexibility index (Phi) is 3.43. The molecule has 1 heterocycles. The number of carbonyl (C=O) groups excluding carboxylic acids is 1. The zero-order valence-electron chi connectivity index (χ0n) is 10.5. The van der Waals surface area contributed by atoms with E-state index in [4.69, 9.17) is 0 Å². The van der Waals surface area contributed by atoms with Crippen LogP contribution in [0.1, 0.15) is 17.3 Å². The molecule has 2 rings (SSSR count). The standard InChI is InChI=1S/C13H14N2O2S/c1-8(16)11-12(14-15(2)13(11)17)9-4-6-10(18-3)7-5-9/h4-7,14H,1-3H3. The Balaban J connectivity index is 2.59. The third-order valence-electron chi connectivity index (χ3n) is 2.78. The molecule has 1 aromatic heterocycles. The molecule has 0 saturated heterocycles. The van der Waals surface area contributed by atoms with Crippen LogP contribution in [-0.2, 0) is 7.05 Å². The van der Waals surface area contributed by atoms with Gasteiger partial charge in [-0.3, -0.25) is 19.4 Å². The summed E-state index contributed by atoms with van der Waals surface area (Å²) in [4.78, 5) is 24.5. The Morgan fingerprint density at radius 2 is 1.89 bits per heavy atom. The monoisotopic (exact) mass is 262 g/mol. The van der Waals surface area contributed by atoms with Crippen molar-refractivity contribution in [1.29, 1.82) is 0 Å². The number of H-pyrrole nitrogens is 1. The quantitative estimate of drug-likeness (QED) is 0.682. The Labute approximate surface area is 109 Å². The van der Waals surface area contributed by atoms with E-state index in [0.29, 0.717) is 5.69 Å². The lowest BCUT2D eigenvalue weighted by molar-refractivity contribution is 0.101. The molecular formula is C13H14N2O2S. The van der Waals surface area contributed by atoms with Gasteiger partial charge in [-0.25, -0.2) is 0 Å². The van der Waals surface area contributed by atoms with Crippen molar-refractivity contribution >= 4 is 17.5 Å². The number of thioether (sulfide) groups is 1. The summed E-state index contributed by atoms with van der Waals surface area (Å²) in [6.07, 6.45) is 2.00. The van der Waals surface area contributed by atoms with Crippen molar-refractivity contribution in [3.8, 4) is 11.3 Å². The van der Waals surface area contributed by atoms with E-state index < -0.39 is 0 Å². The molecule has 0 fully saturated rings. The first-order valence-corrected chi connectivity index (χ1v) is 6.71. The Morgan fingerprint density at radius 3 is 2.39 bits per heavy atom. The van der Waals surface area contributed by atoms with Crippen LogP contribution < -0.4 is 5.56 Å². The van der Waals surface area contributed by atoms with Crippen LogP contribution in [0.25, 0.3) is 11.3 Å². The van der Waals surface area contributed by atoms with Gasteiger partial charge in [0.05, 0.1) is 5.69 Å². The summed E-state index contributed by atoms with van der Waals surface area (Å²) in [6, 6.07) is 7.75. The normalized spacial score (nSPS) is 10.6. The molecule has 0 aliphatic carbocycles. The molecule has 2 aromatic rings. The maximum Gasteiger partial charge on any atom is 0.277 e. The number of nitrogens with one attached hydrogen (secondary N) is 1. The van der Waals surface area contributed by atoms with E-state index in [2.05, 4.69) is 5.10 Å².